The molecular formula is C22H31ClFNO3S. The fourth-order valence-corrected chi connectivity index (χ4v) is 7.62. The molecule has 1 aromatic rings. The summed E-state index contributed by atoms with van der Waals surface area (Å²) >= 11 is 6.41. The lowest BCUT2D eigenvalue weighted by atomic mass is 9.50. The van der Waals surface area contributed by atoms with Crippen molar-refractivity contribution in [2.24, 2.45) is 23.2 Å². The largest absolute Gasteiger partial charge is 0.491 e. The van der Waals surface area contributed by atoms with Crippen molar-refractivity contribution in [3.8, 4) is 5.75 Å². The Morgan fingerprint density at radius 1 is 1.17 bits per heavy atom. The number of rotatable bonds is 7. The Balaban J connectivity index is 1.46. The zero-order valence-corrected chi connectivity index (χ0v) is 19.0. The van der Waals surface area contributed by atoms with Crippen molar-refractivity contribution >= 4 is 21.6 Å². The highest BCUT2D eigenvalue weighted by molar-refractivity contribution is 7.89. The second-order valence-corrected chi connectivity index (χ2v) is 12.6. The number of halogens is 2. The van der Waals surface area contributed by atoms with Crippen LogP contribution in [0.5, 0.6) is 5.75 Å². The van der Waals surface area contributed by atoms with E-state index in [0.717, 1.165) is 22.1 Å². The van der Waals surface area contributed by atoms with Crippen molar-refractivity contribution in [3.05, 3.63) is 28.5 Å². The van der Waals surface area contributed by atoms with E-state index < -0.39 is 21.8 Å². The number of nitrogens with zero attached hydrogens (tertiary/aromatic N) is 1. The predicted molar refractivity (Wildman–Crippen MR) is 113 cm³/mol. The third-order valence-corrected chi connectivity index (χ3v) is 9.63. The SMILES string of the molecule is CC(CS(=O)(=O)N(C)C)c1cc(Cl)c(OCC23CC4CC(CC(C4)C2)C3)cc1F. The lowest BCUT2D eigenvalue weighted by molar-refractivity contribution is -0.0745. The van der Waals surface area contributed by atoms with Gasteiger partial charge in [0.1, 0.15) is 11.6 Å². The highest BCUT2D eigenvalue weighted by Gasteiger charge is 2.51. The summed E-state index contributed by atoms with van der Waals surface area (Å²) in [7, 11) is -0.471. The number of benzene rings is 1. The van der Waals surface area contributed by atoms with E-state index in [1.165, 1.54) is 64.8 Å². The molecule has 1 unspecified atom stereocenters. The summed E-state index contributed by atoms with van der Waals surface area (Å²) in [4.78, 5) is 0. The molecule has 4 aliphatic rings. The fraction of sp³-hybridized carbons (Fsp3) is 0.727. The smallest absolute Gasteiger partial charge is 0.214 e. The summed E-state index contributed by atoms with van der Waals surface area (Å²) in [5.74, 6) is 1.73. The zero-order valence-electron chi connectivity index (χ0n) is 17.5. The average Bonchev–Trinajstić information content (AvgIpc) is 2.60. The van der Waals surface area contributed by atoms with Crippen molar-refractivity contribution in [1.29, 1.82) is 0 Å². The van der Waals surface area contributed by atoms with E-state index in [9.17, 15) is 12.8 Å². The average molecular weight is 444 g/mol. The van der Waals surface area contributed by atoms with Gasteiger partial charge in [0, 0.05) is 25.6 Å². The van der Waals surface area contributed by atoms with Crippen LogP contribution in [0.4, 0.5) is 4.39 Å². The summed E-state index contributed by atoms with van der Waals surface area (Å²) in [6, 6.07) is 2.86. The molecule has 4 aliphatic carbocycles. The number of sulfonamides is 1. The summed E-state index contributed by atoms with van der Waals surface area (Å²) in [6.07, 6.45) is 7.77. The molecule has 1 aromatic carbocycles. The van der Waals surface area contributed by atoms with Crippen molar-refractivity contribution in [2.75, 3.05) is 26.5 Å². The van der Waals surface area contributed by atoms with Crippen LogP contribution >= 0.6 is 11.6 Å². The molecule has 0 saturated heterocycles. The first-order chi connectivity index (χ1) is 13.6. The lowest BCUT2D eigenvalue weighted by Crippen LogP contribution is -2.48. The summed E-state index contributed by atoms with van der Waals surface area (Å²) < 4.78 is 46.3. The van der Waals surface area contributed by atoms with Crippen molar-refractivity contribution < 1.29 is 17.5 Å². The van der Waals surface area contributed by atoms with Crippen molar-refractivity contribution in [1.82, 2.24) is 4.31 Å². The zero-order chi connectivity index (χ0) is 21.0. The van der Waals surface area contributed by atoms with Gasteiger partial charge in [-0.15, -0.1) is 0 Å². The molecule has 0 amide bonds. The Bertz CT molecular complexity index is 851. The Hall–Kier alpha value is -0.850. The Labute approximate surface area is 178 Å². The molecule has 0 aromatic heterocycles. The monoisotopic (exact) mass is 443 g/mol. The van der Waals surface area contributed by atoms with Gasteiger partial charge in [0.2, 0.25) is 10.0 Å². The van der Waals surface area contributed by atoms with E-state index in [1.54, 1.807) is 6.92 Å². The predicted octanol–water partition coefficient (Wildman–Crippen LogP) is 5.07. The van der Waals surface area contributed by atoms with Crippen LogP contribution in [0.25, 0.3) is 0 Å². The summed E-state index contributed by atoms with van der Waals surface area (Å²) in [5.41, 5.74) is 0.530. The maximum absolute atomic E-state index is 14.8. The Morgan fingerprint density at radius 2 is 1.72 bits per heavy atom. The Kier molecular flexibility index (Phi) is 5.67. The van der Waals surface area contributed by atoms with Crippen LogP contribution in [-0.4, -0.2) is 39.2 Å². The standard InChI is InChI=1S/C22H31ClFNO3S/c1-14(12-29(26,27)25(2)3)18-7-19(23)21(8-20(18)24)28-13-22-9-15-4-16(10-22)6-17(5-15)11-22/h7-8,14-17H,4-6,9-13H2,1-3H3. The molecule has 29 heavy (non-hydrogen) atoms. The molecule has 0 N–H and O–H groups in total. The van der Waals surface area contributed by atoms with Crippen LogP contribution in [0.2, 0.25) is 5.02 Å². The molecule has 5 rings (SSSR count). The van der Waals surface area contributed by atoms with Crippen LogP contribution < -0.4 is 4.74 Å². The molecule has 4 bridgehead atoms. The van der Waals surface area contributed by atoms with Gasteiger partial charge in [-0.1, -0.05) is 18.5 Å². The van der Waals surface area contributed by atoms with Crippen molar-refractivity contribution in [2.45, 2.75) is 51.4 Å². The molecule has 4 fully saturated rings. The second kappa shape index (κ2) is 7.69. The molecule has 1 atom stereocenters. The van der Waals surface area contributed by atoms with Crippen LogP contribution in [-0.2, 0) is 10.0 Å². The van der Waals surface area contributed by atoms with Gasteiger partial charge < -0.3 is 4.74 Å². The molecule has 0 spiro atoms. The third kappa shape index (κ3) is 4.31. The van der Waals surface area contributed by atoms with Crippen LogP contribution in [0, 0.1) is 29.0 Å². The van der Waals surface area contributed by atoms with Gasteiger partial charge in [0.05, 0.1) is 17.4 Å². The second-order valence-electron chi connectivity index (χ2n) is 9.97. The fourth-order valence-electron chi connectivity index (χ4n) is 6.28. The first-order valence-electron chi connectivity index (χ1n) is 10.6. The number of hydrogen-bond acceptors (Lipinski definition) is 3. The highest BCUT2D eigenvalue weighted by Crippen LogP contribution is 2.60. The van der Waals surface area contributed by atoms with E-state index in [2.05, 4.69) is 0 Å². The maximum atomic E-state index is 14.8. The lowest BCUT2D eigenvalue weighted by Gasteiger charge is -2.56. The molecule has 7 heteroatoms. The van der Waals surface area contributed by atoms with Crippen LogP contribution in [0.15, 0.2) is 12.1 Å². The first-order valence-corrected chi connectivity index (χ1v) is 12.6. The minimum absolute atomic E-state index is 0.166. The van der Waals surface area contributed by atoms with Gasteiger partial charge in [-0.25, -0.2) is 17.1 Å². The van der Waals surface area contributed by atoms with Gasteiger partial charge in [-0.05, 0) is 73.8 Å². The quantitative estimate of drug-likeness (QED) is 0.591. The van der Waals surface area contributed by atoms with Gasteiger partial charge in [-0.2, -0.15) is 0 Å². The number of ether oxygens (including phenoxy) is 1. The summed E-state index contributed by atoms with van der Waals surface area (Å²) in [6.45, 7) is 2.30. The van der Waals surface area contributed by atoms with Gasteiger partial charge in [0.25, 0.3) is 0 Å². The molecule has 4 nitrogen and oxygen atoms in total. The molecule has 0 aliphatic heterocycles. The topological polar surface area (TPSA) is 46.6 Å². The maximum Gasteiger partial charge on any atom is 0.214 e. The highest BCUT2D eigenvalue weighted by atomic mass is 35.5. The van der Waals surface area contributed by atoms with Gasteiger partial charge >= 0.3 is 0 Å². The van der Waals surface area contributed by atoms with Crippen LogP contribution in [0.3, 0.4) is 0 Å². The summed E-state index contributed by atoms with van der Waals surface area (Å²) in [5, 5.41) is 0.347. The first kappa shape index (κ1) is 21.4. The van der Waals surface area contributed by atoms with E-state index in [-0.39, 0.29) is 11.2 Å². The van der Waals surface area contributed by atoms with E-state index >= 15 is 0 Å². The minimum atomic E-state index is -3.43. The molecule has 0 heterocycles. The van der Waals surface area contributed by atoms with Crippen LogP contribution in [0.1, 0.15) is 56.9 Å². The molecule has 4 saturated carbocycles. The third-order valence-electron chi connectivity index (χ3n) is 7.30. The normalized spacial score (nSPS) is 32.0. The molecule has 0 radical (unpaired) electrons. The minimum Gasteiger partial charge on any atom is -0.491 e. The van der Waals surface area contributed by atoms with E-state index in [0.29, 0.717) is 22.9 Å². The van der Waals surface area contributed by atoms with E-state index in [4.69, 9.17) is 16.3 Å². The van der Waals surface area contributed by atoms with Gasteiger partial charge in [0.15, 0.2) is 0 Å². The molecular weight excluding hydrogens is 413 g/mol. The van der Waals surface area contributed by atoms with Crippen molar-refractivity contribution in [3.63, 3.8) is 0 Å². The molecule has 162 valence electrons. The van der Waals surface area contributed by atoms with E-state index in [1.807, 2.05) is 0 Å². The Morgan fingerprint density at radius 3 is 2.24 bits per heavy atom. The van der Waals surface area contributed by atoms with Gasteiger partial charge in [-0.3, -0.25) is 0 Å². The number of hydrogen-bond donors (Lipinski definition) is 0.